The van der Waals surface area contributed by atoms with Gasteiger partial charge in [0.1, 0.15) is 5.69 Å². The average molecular weight is 448 g/mol. The smallest absolute Gasteiger partial charge is 0.269 e. The molecule has 0 spiro atoms. The number of nitrogens with one attached hydrogen (secondary N) is 1. The van der Waals surface area contributed by atoms with Crippen LogP contribution in [0.4, 0.5) is 11.6 Å². The number of fused-ring (bicyclic) bond motifs is 2. The summed E-state index contributed by atoms with van der Waals surface area (Å²) in [6.07, 6.45) is 0.0258. The number of rotatable bonds is 5. The van der Waals surface area contributed by atoms with Gasteiger partial charge < -0.3 is 4.52 Å². The van der Waals surface area contributed by atoms with Gasteiger partial charge in [0.15, 0.2) is 5.58 Å². The molecule has 1 amide bonds. The van der Waals surface area contributed by atoms with Crippen LogP contribution in [-0.4, -0.2) is 30.6 Å². The summed E-state index contributed by atoms with van der Waals surface area (Å²) in [5, 5.41) is 24.7. The number of nitrogens with zero attached hydrogens (tertiary/aromatic N) is 5. The van der Waals surface area contributed by atoms with Crippen molar-refractivity contribution in [3.63, 3.8) is 0 Å². The second kappa shape index (κ2) is 7.54. The monoisotopic (exact) mass is 448 g/mol. The highest BCUT2D eigenvalue weighted by Gasteiger charge is 2.18. The molecule has 0 fully saturated rings. The van der Waals surface area contributed by atoms with Crippen molar-refractivity contribution in [1.29, 1.82) is 0 Å². The largest absolute Gasteiger partial charge is 0.356 e. The Kier molecular flexibility index (Phi) is 4.67. The number of hydrogen-bond acceptors (Lipinski definition) is 8. The molecule has 2 aromatic carbocycles. The maximum atomic E-state index is 12.6. The molecule has 0 aliphatic heterocycles. The summed E-state index contributed by atoms with van der Waals surface area (Å²) in [5.74, 6) is -0.139. The van der Waals surface area contributed by atoms with Crippen LogP contribution in [0.3, 0.4) is 0 Å². The number of thiazole rings is 1. The second-order valence-corrected chi connectivity index (χ2v) is 8.20. The SMILES string of the molecule is Cc1cc(C)c2onc(CC(=O)Nc3nc4scc(-c5ccc([N+](=O)[O-])cc5)n4n3)c2c1. The zero-order valence-electron chi connectivity index (χ0n) is 17.0. The third-order valence-electron chi connectivity index (χ3n) is 5.01. The summed E-state index contributed by atoms with van der Waals surface area (Å²) in [5.41, 5.74) is 4.75. The van der Waals surface area contributed by atoms with Crippen LogP contribution in [0.25, 0.3) is 27.2 Å². The predicted octanol–water partition coefficient (Wildman–Crippen LogP) is 4.31. The van der Waals surface area contributed by atoms with E-state index in [2.05, 4.69) is 20.6 Å². The maximum absolute atomic E-state index is 12.6. The quantitative estimate of drug-likeness (QED) is 0.313. The van der Waals surface area contributed by atoms with Crippen molar-refractivity contribution in [2.24, 2.45) is 0 Å². The van der Waals surface area contributed by atoms with Crippen molar-refractivity contribution in [3.05, 3.63) is 68.7 Å². The molecule has 0 radical (unpaired) electrons. The summed E-state index contributed by atoms with van der Waals surface area (Å²) in [6.45, 7) is 3.92. The summed E-state index contributed by atoms with van der Waals surface area (Å²) in [6, 6.07) is 10.1. The number of hydrogen-bond donors (Lipinski definition) is 1. The van der Waals surface area contributed by atoms with Gasteiger partial charge in [-0.1, -0.05) is 11.2 Å². The Morgan fingerprint density at radius 3 is 2.78 bits per heavy atom. The van der Waals surface area contributed by atoms with Gasteiger partial charge in [-0.05, 0) is 43.2 Å². The Balaban J connectivity index is 1.37. The number of benzene rings is 2. The molecular weight excluding hydrogens is 432 g/mol. The van der Waals surface area contributed by atoms with Crippen molar-refractivity contribution in [1.82, 2.24) is 19.8 Å². The fourth-order valence-electron chi connectivity index (χ4n) is 3.57. The minimum Gasteiger partial charge on any atom is -0.356 e. The molecule has 0 aliphatic carbocycles. The standard InChI is InChI=1S/C21H16N6O4S/c1-11-7-12(2)19-15(8-11)16(25-31-19)9-18(28)22-20-23-21-26(24-20)17(10-32-21)13-3-5-14(6-4-13)27(29)30/h3-8,10H,9H2,1-2H3,(H,22,24,28). The number of aromatic nitrogens is 4. The van der Waals surface area contributed by atoms with Gasteiger partial charge >= 0.3 is 0 Å². The number of anilines is 1. The van der Waals surface area contributed by atoms with Gasteiger partial charge in [0.05, 0.1) is 17.0 Å². The second-order valence-electron chi connectivity index (χ2n) is 7.37. The highest BCUT2D eigenvalue weighted by molar-refractivity contribution is 7.15. The van der Waals surface area contributed by atoms with E-state index >= 15 is 0 Å². The zero-order valence-corrected chi connectivity index (χ0v) is 17.8. The Morgan fingerprint density at radius 1 is 1.25 bits per heavy atom. The summed E-state index contributed by atoms with van der Waals surface area (Å²) < 4.78 is 7.00. The molecule has 11 heteroatoms. The molecule has 0 saturated carbocycles. The van der Waals surface area contributed by atoms with Crippen molar-refractivity contribution < 1.29 is 14.2 Å². The lowest BCUT2D eigenvalue weighted by atomic mass is 10.1. The van der Waals surface area contributed by atoms with Gasteiger partial charge in [-0.2, -0.15) is 4.98 Å². The Bertz CT molecular complexity index is 1500. The topological polar surface area (TPSA) is 128 Å². The molecule has 0 saturated heterocycles. The van der Waals surface area contributed by atoms with Gasteiger partial charge in [-0.25, -0.2) is 4.52 Å². The molecule has 32 heavy (non-hydrogen) atoms. The lowest BCUT2D eigenvalue weighted by molar-refractivity contribution is -0.384. The first-order valence-electron chi connectivity index (χ1n) is 9.63. The van der Waals surface area contributed by atoms with E-state index in [1.807, 2.05) is 31.4 Å². The molecule has 3 aromatic heterocycles. The Hall–Kier alpha value is -4.12. The van der Waals surface area contributed by atoms with Crippen LogP contribution < -0.4 is 5.32 Å². The Morgan fingerprint density at radius 2 is 2.03 bits per heavy atom. The van der Waals surface area contributed by atoms with Gasteiger partial charge in [0.2, 0.25) is 16.8 Å². The van der Waals surface area contributed by atoms with E-state index < -0.39 is 4.92 Å². The van der Waals surface area contributed by atoms with E-state index in [4.69, 9.17) is 4.52 Å². The number of nitro groups is 1. The van der Waals surface area contributed by atoms with E-state index in [0.717, 1.165) is 27.8 Å². The zero-order chi connectivity index (χ0) is 22.4. The van der Waals surface area contributed by atoms with E-state index in [0.29, 0.717) is 16.2 Å². The van der Waals surface area contributed by atoms with Gasteiger partial charge in [-0.15, -0.1) is 16.4 Å². The predicted molar refractivity (Wildman–Crippen MR) is 119 cm³/mol. The molecule has 0 bridgehead atoms. The minimum atomic E-state index is -0.448. The summed E-state index contributed by atoms with van der Waals surface area (Å²) in [4.78, 5) is 28.0. The fraction of sp³-hybridized carbons (Fsp3) is 0.143. The van der Waals surface area contributed by atoms with Crippen molar-refractivity contribution >= 4 is 44.8 Å². The lowest BCUT2D eigenvalue weighted by Crippen LogP contribution is -2.15. The molecule has 5 rings (SSSR count). The number of non-ortho nitro benzene ring substituents is 1. The van der Waals surface area contributed by atoms with Crippen LogP contribution in [0.15, 0.2) is 46.3 Å². The van der Waals surface area contributed by atoms with Gasteiger partial charge in [0, 0.05) is 28.5 Å². The van der Waals surface area contributed by atoms with E-state index in [9.17, 15) is 14.9 Å². The molecule has 3 heterocycles. The highest BCUT2D eigenvalue weighted by Crippen LogP contribution is 2.28. The van der Waals surface area contributed by atoms with Crippen LogP contribution in [0.2, 0.25) is 0 Å². The van der Waals surface area contributed by atoms with Crippen molar-refractivity contribution in [2.45, 2.75) is 20.3 Å². The molecule has 1 N–H and O–H groups in total. The first-order chi connectivity index (χ1) is 15.4. The van der Waals surface area contributed by atoms with Crippen LogP contribution in [0.5, 0.6) is 0 Å². The number of aryl methyl sites for hydroxylation is 2. The number of nitro benzene ring substituents is 1. The van der Waals surface area contributed by atoms with Gasteiger partial charge in [0.25, 0.3) is 5.69 Å². The van der Waals surface area contributed by atoms with Crippen LogP contribution in [-0.2, 0) is 11.2 Å². The first kappa shape index (κ1) is 19.8. The molecule has 5 aromatic rings. The fourth-order valence-corrected chi connectivity index (χ4v) is 4.41. The normalized spacial score (nSPS) is 11.3. The molecular formula is C21H16N6O4S. The van der Waals surface area contributed by atoms with E-state index in [1.54, 1.807) is 16.6 Å². The number of carbonyl (C=O) groups is 1. The van der Waals surface area contributed by atoms with Gasteiger partial charge in [-0.3, -0.25) is 20.2 Å². The van der Waals surface area contributed by atoms with E-state index in [-0.39, 0.29) is 24.0 Å². The maximum Gasteiger partial charge on any atom is 0.269 e. The van der Waals surface area contributed by atoms with Crippen LogP contribution in [0, 0.1) is 24.0 Å². The first-order valence-corrected chi connectivity index (χ1v) is 10.5. The van der Waals surface area contributed by atoms with Crippen LogP contribution >= 0.6 is 11.3 Å². The molecule has 10 nitrogen and oxygen atoms in total. The van der Waals surface area contributed by atoms with Crippen molar-refractivity contribution in [2.75, 3.05) is 5.32 Å². The average Bonchev–Trinajstić information content (AvgIpc) is 3.43. The number of carbonyl (C=O) groups excluding carboxylic acids is 1. The lowest BCUT2D eigenvalue weighted by Gasteiger charge is -2.01. The van der Waals surface area contributed by atoms with E-state index in [1.165, 1.54) is 23.5 Å². The summed E-state index contributed by atoms with van der Waals surface area (Å²) >= 11 is 1.35. The van der Waals surface area contributed by atoms with Crippen molar-refractivity contribution in [3.8, 4) is 11.3 Å². The minimum absolute atomic E-state index is 0.0116. The molecule has 160 valence electrons. The molecule has 0 aliphatic rings. The molecule has 0 unspecified atom stereocenters. The highest BCUT2D eigenvalue weighted by atomic mass is 32.1. The Labute approximate surface area is 184 Å². The molecule has 0 atom stereocenters. The summed E-state index contributed by atoms with van der Waals surface area (Å²) in [7, 11) is 0. The van der Waals surface area contributed by atoms with Crippen LogP contribution in [0.1, 0.15) is 16.8 Å². The third-order valence-corrected chi connectivity index (χ3v) is 5.83. The number of amides is 1. The third kappa shape index (κ3) is 3.48.